The number of hydrogen-bond donors (Lipinski definition) is 3. The molecule has 1 aromatic rings. The molecular formula is C12H17N3O3. The number of nitrogens with two attached hydrogens (primary N) is 1. The Balaban J connectivity index is 2.56. The van der Waals surface area contributed by atoms with E-state index in [0.717, 1.165) is 11.4 Å². The highest BCUT2D eigenvalue weighted by atomic mass is 16.5. The number of imide groups is 1. The lowest BCUT2D eigenvalue weighted by Crippen LogP contribution is -2.43. The maximum absolute atomic E-state index is 11.4. The van der Waals surface area contributed by atoms with Crippen LogP contribution in [-0.4, -0.2) is 24.6 Å². The van der Waals surface area contributed by atoms with E-state index in [1.54, 1.807) is 31.2 Å². The van der Waals surface area contributed by atoms with Crippen LogP contribution in [0.3, 0.4) is 0 Å². The number of primary amides is 1. The second kappa shape index (κ2) is 6.48. The monoisotopic (exact) mass is 251 g/mol. The Hall–Kier alpha value is -2.24. The molecule has 0 bridgehead atoms. The van der Waals surface area contributed by atoms with E-state index in [2.05, 4.69) is 5.32 Å². The molecule has 1 atom stereocenters. The van der Waals surface area contributed by atoms with Crippen molar-refractivity contribution in [1.29, 1.82) is 0 Å². The quantitative estimate of drug-likeness (QED) is 0.730. The Morgan fingerprint density at radius 2 is 1.94 bits per heavy atom. The number of hydrogen-bond acceptors (Lipinski definition) is 4. The van der Waals surface area contributed by atoms with Crippen molar-refractivity contribution in [1.82, 2.24) is 5.32 Å². The Labute approximate surface area is 105 Å². The molecule has 0 spiro atoms. The van der Waals surface area contributed by atoms with Gasteiger partial charge in [0.15, 0.2) is 0 Å². The highest BCUT2D eigenvalue weighted by Gasteiger charge is 2.13. The number of urea groups is 1. The van der Waals surface area contributed by atoms with Crippen LogP contribution in [0.2, 0.25) is 0 Å². The van der Waals surface area contributed by atoms with Crippen molar-refractivity contribution in [2.75, 3.05) is 11.9 Å². The predicted molar refractivity (Wildman–Crippen MR) is 68.4 cm³/mol. The van der Waals surface area contributed by atoms with Gasteiger partial charge in [0.05, 0.1) is 6.61 Å². The van der Waals surface area contributed by atoms with Gasteiger partial charge < -0.3 is 15.8 Å². The molecule has 0 saturated carbocycles. The smallest absolute Gasteiger partial charge is 0.318 e. The molecule has 6 heteroatoms. The minimum absolute atomic E-state index is 0.476. The predicted octanol–water partition coefficient (Wildman–Crippen LogP) is 1.08. The van der Waals surface area contributed by atoms with Crippen LogP contribution < -0.4 is 21.1 Å². The molecule has 0 radical (unpaired) electrons. The summed E-state index contributed by atoms with van der Waals surface area (Å²) in [6.45, 7) is 4.14. The van der Waals surface area contributed by atoms with E-state index < -0.39 is 18.0 Å². The fraction of sp³-hybridized carbons (Fsp3) is 0.333. The van der Waals surface area contributed by atoms with Crippen LogP contribution in [0.1, 0.15) is 13.8 Å². The van der Waals surface area contributed by atoms with Gasteiger partial charge in [-0.1, -0.05) is 0 Å². The first-order valence-corrected chi connectivity index (χ1v) is 5.62. The van der Waals surface area contributed by atoms with Gasteiger partial charge in [0.25, 0.3) is 0 Å². The van der Waals surface area contributed by atoms with Crippen LogP contribution in [0.5, 0.6) is 5.75 Å². The standard InChI is InChI=1S/C12H17N3O3/c1-3-18-10-6-4-9(5-7-10)14-8(2)11(16)15-12(13)17/h4-8,14H,3H2,1-2H3,(H3,13,15,16,17)/t8-/m0/s1. The molecule has 0 aliphatic carbocycles. The zero-order chi connectivity index (χ0) is 13.5. The van der Waals surface area contributed by atoms with E-state index in [1.165, 1.54) is 0 Å². The second-order valence-corrected chi connectivity index (χ2v) is 3.68. The number of amides is 3. The third kappa shape index (κ3) is 4.32. The zero-order valence-corrected chi connectivity index (χ0v) is 10.4. The number of benzene rings is 1. The van der Waals surface area contributed by atoms with Gasteiger partial charge in [0, 0.05) is 5.69 Å². The van der Waals surface area contributed by atoms with Crippen molar-refractivity contribution in [2.24, 2.45) is 5.73 Å². The van der Waals surface area contributed by atoms with Crippen LogP contribution in [0.15, 0.2) is 24.3 Å². The van der Waals surface area contributed by atoms with Crippen molar-refractivity contribution < 1.29 is 14.3 Å². The van der Waals surface area contributed by atoms with Gasteiger partial charge in [-0.05, 0) is 38.1 Å². The average molecular weight is 251 g/mol. The number of ether oxygens (including phenoxy) is 1. The summed E-state index contributed by atoms with van der Waals surface area (Å²) in [6, 6.07) is 5.75. The van der Waals surface area contributed by atoms with E-state index in [-0.39, 0.29) is 0 Å². The van der Waals surface area contributed by atoms with E-state index >= 15 is 0 Å². The second-order valence-electron chi connectivity index (χ2n) is 3.68. The van der Waals surface area contributed by atoms with Gasteiger partial charge >= 0.3 is 6.03 Å². The largest absolute Gasteiger partial charge is 0.494 e. The number of carbonyl (C=O) groups is 2. The summed E-state index contributed by atoms with van der Waals surface area (Å²) >= 11 is 0. The third-order valence-electron chi connectivity index (χ3n) is 2.19. The first-order valence-electron chi connectivity index (χ1n) is 5.62. The lowest BCUT2D eigenvalue weighted by atomic mass is 10.2. The van der Waals surface area contributed by atoms with E-state index in [9.17, 15) is 9.59 Å². The van der Waals surface area contributed by atoms with E-state index in [1.807, 2.05) is 12.2 Å². The van der Waals surface area contributed by atoms with Gasteiger partial charge in [-0.2, -0.15) is 0 Å². The molecule has 1 aromatic carbocycles. The summed E-state index contributed by atoms with van der Waals surface area (Å²) in [7, 11) is 0. The van der Waals surface area contributed by atoms with Crippen LogP contribution in [0.4, 0.5) is 10.5 Å². The Morgan fingerprint density at radius 1 is 1.33 bits per heavy atom. The maximum Gasteiger partial charge on any atom is 0.318 e. The molecule has 0 heterocycles. The molecule has 1 rings (SSSR count). The first-order chi connectivity index (χ1) is 8.52. The first kappa shape index (κ1) is 13.8. The summed E-state index contributed by atoms with van der Waals surface area (Å²) in [6.07, 6.45) is 0. The van der Waals surface area contributed by atoms with Crippen LogP contribution >= 0.6 is 0 Å². The van der Waals surface area contributed by atoms with E-state index in [4.69, 9.17) is 10.5 Å². The maximum atomic E-state index is 11.4. The minimum Gasteiger partial charge on any atom is -0.494 e. The number of nitrogens with one attached hydrogen (secondary N) is 2. The average Bonchev–Trinajstić information content (AvgIpc) is 2.31. The lowest BCUT2D eigenvalue weighted by Gasteiger charge is -2.14. The summed E-state index contributed by atoms with van der Waals surface area (Å²) in [4.78, 5) is 22.0. The molecule has 0 aromatic heterocycles. The fourth-order valence-electron chi connectivity index (χ4n) is 1.36. The van der Waals surface area contributed by atoms with Crippen molar-refractivity contribution in [2.45, 2.75) is 19.9 Å². The summed E-state index contributed by atoms with van der Waals surface area (Å²) in [5, 5.41) is 4.95. The van der Waals surface area contributed by atoms with Crippen molar-refractivity contribution in [3.05, 3.63) is 24.3 Å². The fourth-order valence-corrected chi connectivity index (χ4v) is 1.36. The molecule has 6 nitrogen and oxygen atoms in total. The zero-order valence-electron chi connectivity index (χ0n) is 10.4. The number of anilines is 1. The summed E-state index contributed by atoms with van der Waals surface area (Å²) in [5.41, 5.74) is 5.62. The van der Waals surface area contributed by atoms with Crippen LogP contribution in [-0.2, 0) is 4.79 Å². The van der Waals surface area contributed by atoms with Crippen molar-refractivity contribution in [3.63, 3.8) is 0 Å². The minimum atomic E-state index is -0.861. The van der Waals surface area contributed by atoms with Crippen molar-refractivity contribution >= 4 is 17.6 Å². The highest BCUT2D eigenvalue weighted by Crippen LogP contribution is 2.16. The van der Waals surface area contributed by atoms with E-state index in [0.29, 0.717) is 6.61 Å². The molecule has 98 valence electrons. The normalized spacial score (nSPS) is 11.4. The van der Waals surface area contributed by atoms with Gasteiger partial charge in [-0.3, -0.25) is 10.1 Å². The highest BCUT2D eigenvalue weighted by molar-refractivity contribution is 5.97. The van der Waals surface area contributed by atoms with Crippen molar-refractivity contribution in [3.8, 4) is 5.75 Å². The molecule has 0 fully saturated rings. The SMILES string of the molecule is CCOc1ccc(N[C@@H](C)C(=O)NC(N)=O)cc1. The van der Waals surface area contributed by atoms with Crippen LogP contribution in [0, 0.1) is 0 Å². The molecule has 0 aliphatic rings. The van der Waals surface area contributed by atoms with Gasteiger partial charge in [-0.25, -0.2) is 4.79 Å². The Bertz CT molecular complexity index is 417. The lowest BCUT2D eigenvalue weighted by molar-refractivity contribution is -0.120. The molecule has 3 amide bonds. The molecule has 0 aliphatic heterocycles. The Morgan fingerprint density at radius 3 is 2.44 bits per heavy atom. The van der Waals surface area contributed by atoms with Gasteiger partial charge in [-0.15, -0.1) is 0 Å². The number of rotatable bonds is 5. The molecule has 18 heavy (non-hydrogen) atoms. The number of carbonyl (C=O) groups excluding carboxylic acids is 2. The third-order valence-corrected chi connectivity index (χ3v) is 2.19. The topological polar surface area (TPSA) is 93.4 Å². The van der Waals surface area contributed by atoms with Gasteiger partial charge in [0.2, 0.25) is 5.91 Å². The molecule has 0 unspecified atom stereocenters. The molecule has 0 saturated heterocycles. The Kier molecular flexibility index (Phi) is 4.98. The summed E-state index contributed by atoms with van der Waals surface area (Å²) in [5.74, 6) is 0.286. The summed E-state index contributed by atoms with van der Waals surface area (Å²) < 4.78 is 5.30. The van der Waals surface area contributed by atoms with Crippen LogP contribution in [0.25, 0.3) is 0 Å². The van der Waals surface area contributed by atoms with Gasteiger partial charge in [0.1, 0.15) is 11.8 Å². The molecule has 4 N–H and O–H groups in total. The molecular weight excluding hydrogens is 234 g/mol.